The topological polar surface area (TPSA) is 122 Å². The summed E-state index contributed by atoms with van der Waals surface area (Å²) in [7, 11) is 0. The normalized spacial score (nSPS) is 15.9. The van der Waals surface area contributed by atoms with Crippen LogP contribution in [0.3, 0.4) is 0 Å². The minimum atomic E-state index is -1.24. The zero-order chi connectivity index (χ0) is 13.7. The Morgan fingerprint density at radius 2 is 2.22 bits per heavy atom. The van der Waals surface area contributed by atoms with E-state index >= 15 is 0 Å². The molecule has 0 spiro atoms. The van der Waals surface area contributed by atoms with Gasteiger partial charge in [-0.3, -0.25) is 4.57 Å². The van der Waals surface area contributed by atoms with Crippen molar-refractivity contribution in [2.45, 2.75) is 18.8 Å². The van der Waals surface area contributed by atoms with E-state index in [1.807, 2.05) is 0 Å². The molecular weight excluding hydrogens is 238 g/mol. The van der Waals surface area contributed by atoms with Crippen LogP contribution < -0.4 is 11.4 Å². The van der Waals surface area contributed by atoms with Gasteiger partial charge in [-0.05, 0) is 6.07 Å². The van der Waals surface area contributed by atoms with Crippen molar-refractivity contribution in [1.29, 1.82) is 0 Å². The Bertz CT molecular complexity index is 460. The molecule has 0 bridgehead atoms. The summed E-state index contributed by atoms with van der Waals surface area (Å²) in [5.74, 6) is -0.500. The molecule has 0 saturated heterocycles. The highest BCUT2D eigenvalue weighted by atomic mass is 16.3. The maximum atomic E-state index is 11.4. The van der Waals surface area contributed by atoms with Crippen LogP contribution in [0, 0.1) is 5.92 Å². The number of aromatic nitrogens is 2. The van der Waals surface area contributed by atoms with Gasteiger partial charge >= 0.3 is 5.69 Å². The molecule has 1 aromatic heterocycles. The molecule has 0 radical (unpaired) electrons. The number of nitrogens with zero attached hydrogens (tertiary/aromatic N) is 2. The molecule has 3 unspecified atom stereocenters. The van der Waals surface area contributed by atoms with E-state index < -0.39 is 23.9 Å². The van der Waals surface area contributed by atoms with Crippen molar-refractivity contribution in [3.8, 4) is 0 Å². The van der Waals surface area contributed by atoms with Gasteiger partial charge in [0.15, 0.2) is 0 Å². The molecule has 5 N–H and O–H groups in total. The SMILES string of the molecule is C=CC(CO)C(O)CC(O)n1ccc(N)nc1=O. The summed E-state index contributed by atoms with van der Waals surface area (Å²) in [4.78, 5) is 14.9. The van der Waals surface area contributed by atoms with Gasteiger partial charge in [-0.15, -0.1) is 6.58 Å². The monoisotopic (exact) mass is 255 g/mol. The van der Waals surface area contributed by atoms with Gasteiger partial charge in [0, 0.05) is 18.5 Å². The molecule has 0 saturated carbocycles. The Morgan fingerprint density at radius 3 is 2.72 bits per heavy atom. The smallest absolute Gasteiger partial charge is 0.351 e. The maximum Gasteiger partial charge on any atom is 0.351 e. The van der Waals surface area contributed by atoms with Crippen LogP contribution in [0.2, 0.25) is 0 Å². The first kappa shape index (κ1) is 14.4. The Hall–Kier alpha value is -1.70. The van der Waals surface area contributed by atoms with Crippen molar-refractivity contribution < 1.29 is 15.3 Å². The van der Waals surface area contributed by atoms with Crippen LogP contribution in [0.4, 0.5) is 5.82 Å². The van der Waals surface area contributed by atoms with Crippen LogP contribution in [0.5, 0.6) is 0 Å². The highest BCUT2D eigenvalue weighted by molar-refractivity contribution is 5.23. The summed E-state index contributed by atoms with van der Waals surface area (Å²) in [5, 5.41) is 28.5. The zero-order valence-electron chi connectivity index (χ0n) is 9.81. The molecule has 1 aromatic rings. The number of anilines is 1. The van der Waals surface area contributed by atoms with Crippen LogP contribution in [0.1, 0.15) is 12.6 Å². The molecule has 18 heavy (non-hydrogen) atoms. The Morgan fingerprint density at radius 1 is 1.56 bits per heavy atom. The summed E-state index contributed by atoms with van der Waals surface area (Å²) in [6.07, 6.45) is 0.315. The number of rotatable bonds is 6. The van der Waals surface area contributed by atoms with Gasteiger partial charge < -0.3 is 21.1 Å². The average molecular weight is 255 g/mol. The van der Waals surface area contributed by atoms with E-state index in [4.69, 9.17) is 10.8 Å². The predicted octanol–water partition coefficient (Wildman–Crippen LogP) is -1.14. The first-order valence-electron chi connectivity index (χ1n) is 5.43. The third-order valence-corrected chi connectivity index (χ3v) is 2.63. The first-order valence-corrected chi connectivity index (χ1v) is 5.43. The van der Waals surface area contributed by atoms with E-state index in [2.05, 4.69) is 11.6 Å². The molecule has 3 atom stereocenters. The fourth-order valence-electron chi connectivity index (χ4n) is 1.51. The highest BCUT2D eigenvalue weighted by Gasteiger charge is 2.20. The van der Waals surface area contributed by atoms with Gasteiger partial charge in [-0.2, -0.15) is 4.98 Å². The van der Waals surface area contributed by atoms with Crippen molar-refractivity contribution in [2.75, 3.05) is 12.3 Å². The molecule has 0 aliphatic rings. The van der Waals surface area contributed by atoms with Gasteiger partial charge in [0.05, 0.1) is 12.7 Å². The Kier molecular flexibility index (Phi) is 5.02. The van der Waals surface area contributed by atoms with E-state index in [1.54, 1.807) is 0 Å². The minimum Gasteiger partial charge on any atom is -0.396 e. The van der Waals surface area contributed by atoms with E-state index in [-0.39, 0.29) is 18.8 Å². The molecule has 7 nitrogen and oxygen atoms in total. The third-order valence-electron chi connectivity index (χ3n) is 2.63. The number of aliphatic hydroxyl groups excluding tert-OH is 3. The lowest BCUT2D eigenvalue weighted by Crippen LogP contribution is -2.31. The number of hydrogen-bond donors (Lipinski definition) is 4. The van der Waals surface area contributed by atoms with E-state index in [0.717, 1.165) is 4.57 Å². The van der Waals surface area contributed by atoms with Crippen molar-refractivity contribution in [3.63, 3.8) is 0 Å². The number of nitrogens with two attached hydrogens (primary N) is 1. The molecule has 0 aromatic carbocycles. The van der Waals surface area contributed by atoms with Crippen molar-refractivity contribution >= 4 is 5.82 Å². The van der Waals surface area contributed by atoms with Crippen LogP contribution in [0.25, 0.3) is 0 Å². The van der Waals surface area contributed by atoms with Gasteiger partial charge in [0.25, 0.3) is 0 Å². The summed E-state index contributed by atoms with van der Waals surface area (Å²) in [6, 6.07) is 1.37. The second-order valence-corrected chi connectivity index (χ2v) is 3.91. The van der Waals surface area contributed by atoms with Crippen molar-refractivity contribution in [3.05, 3.63) is 35.4 Å². The molecule has 0 amide bonds. The van der Waals surface area contributed by atoms with E-state index in [9.17, 15) is 15.0 Å². The second kappa shape index (κ2) is 6.29. The van der Waals surface area contributed by atoms with Crippen LogP contribution in [0.15, 0.2) is 29.7 Å². The second-order valence-electron chi connectivity index (χ2n) is 3.91. The number of nitrogen functional groups attached to an aromatic ring is 1. The quantitative estimate of drug-likeness (QED) is 0.477. The standard InChI is InChI=1S/C11H17N3O4/c1-2-7(6-15)8(16)5-10(17)14-4-3-9(12)13-11(14)18/h2-4,7-8,10,15-17H,1,5-6H2,(H2,12,13,18). The van der Waals surface area contributed by atoms with E-state index in [1.165, 1.54) is 18.3 Å². The molecule has 100 valence electrons. The third kappa shape index (κ3) is 3.39. The minimum absolute atomic E-state index is 0.0586. The lowest BCUT2D eigenvalue weighted by molar-refractivity contribution is 0.00669. The summed E-state index contributed by atoms with van der Waals surface area (Å²) in [6.45, 7) is 3.18. The van der Waals surface area contributed by atoms with Crippen molar-refractivity contribution in [1.82, 2.24) is 9.55 Å². The zero-order valence-corrected chi connectivity index (χ0v) is 9.81. The maximum absolute atomic E-state index is 11.4. The fourth-order valence-corrected chi connectivity index (χ4v) is 1.51. The van der Waals surface area contributed by atoms with Gasteiger partial charge in [0.2, 0.25) is 0 Å². The van der Waals surface area contributed by atoms with Crippen LogP contribution in [-0.2, 0) is 0 Å². The number of hydrogen-bond acceptors (Lipinski definition) is 6. The van der Waals surface area contributed by atoms with Gasteiger partial charge in [-0.1, -0.05) is 6.08 Å². The molecule has 0 aliphatic heterocycles. The molecule has 1 heterocycles. The van der Waals surface area contributed by atoms with Crippen molar-refractivity contribution in [2.24, 2.45) is 5.92 Å². The lowest BCUT2D eigenvalue weighted by Gasteiger charge is -2.21. The first-order chi connectivity index (χ1) is 8.49. The molecule has 1 rings (SSSR count). The summed E-state index contributed by atoms with van der Waals surface area (Å²) in [5.41, 5.74) is 4.62. The average Bonchev–Trinajstić information content (AvgIpc) is 2.30. The molecule has 0 aliphatic carbocycles. The van der Waals surface area contributed by atoms with Crippen LogP contribution >= 0.6 is 0 Å². The lowest BCUT2D eigenvalue weighted by atomic mass is 10.0. The Labute approximate surface area is 104 Å². The molecule has 0 fully saturated rings. The van der Waals surface area contributed by atoms with E-state index in [0.29, 0.717) is 0 Å². The number of aliphatic hydroxyl groups is 3. The molecule has 7 heteroatoms. The fraction of sp³-hybridized carbons (Fsp3) is 0.455. The largest absolute Gasteiger partial charge is 0.396 e. The molecular formula is C11H17N3O4. The highest BCUT2D eigenvalue weighted by Crippen LogP contribution is 2.15. The van der Waals surface area contributed by atoms with Crippen LogP contribution in [-0.4, -0.2) is 37.6 Å². The summed E-state index contributed by atoms with van der Waals surface area (Å²) < 4.78 is 0.955. The predicted molar refractivity (Wildman–Crippen MR) is 65.6 cm³/mol. The summed E-state index contributed by atoms with van der Waals surface area (Å²) >= 11 is 0. The van der Waals surface area contributed by atoms with Gasteiger partial charge in [-0.25, -0.2) is 4.79 Å². The van der Waals surface area contributed by atoms with Gasteiger partial charge in [0.1, 0.15) is 12.0 Å². The Balaban J connectivity index is 2.79.